The Morgan fingerprint density at radius 2 is 1.95 bits per heavy atom. The maximum absolute atomic E-state index is 12.2. The van der Waals surface area contributed by atoms with Gasteiger partial charge in [0.05, 0.1) is 17.7 Å². The Morgan fingerprint density at radius 3 is 2.55 bits per heavy atom. The summed E-state index contributed by atoms with van der Waals surface area (Å²) in [6, 6.07) is 9.31. The van der Waals surface area contributed by atoms with Crippen molar-refractivity contribution in [3.63, 3.8) is 0 Å². The van der Waals surface area contributed by atoms with Gasteiger partial charge in [0.15, 0.2) is 5.75 Å². The number of nitrogens with zero attached hydrogens (tertiary/aromatic N) is 1. The molecular weight excluding hydrogens is 420 g/mol. The molecule has 0 saturated carbocycles. The van der Waals surface area contributed by atoms with Crippen molar-refractivity contribution in [3.8, 4) is 5.75 Å². The molecule has 2 aromatic carbocycles. The van der Waals surface area contributed by atoms with Crippen molar-refractivity contribution in [2.24, 2.45) is 0 Å². The topological polar surface area (TPSA) is 81.5 Å². The van der Waals surface area contributed by atoms with E-state index in [0.717, 1.165) is 4.47 Å². The van der Waals surface area contributed by atoms with Crippen LogP contribution in [0.3, 0.4) is 0 Å². The van der Waals surface area contributed by atoms with Crippen LogP contribution in [0.5, 0.6) is 5.75 Å². The van der Waals surface area contributed by atoms with Gasteiger partial charge in [-0.05, 0) is 46.3 Å². The molecule has 6 nitrogen and oxygen atoms in total. The predicted molar refractivity (Wildman–Crippen MR) is 89.4 cm³/mol. The molecule has 0 unspecified atom stereocenters. The molecule has 2 rings (SSSR count). The molecule has 0 aliphatic rings. The normalized spacial score (nSPS) is 10.1. The van der Waals surface area contributed by atoms with Crippen molar-refractivity contribution >= 4 is 49.1 Å². The molecule has 2 aromatic rings. The molecule has 1 N–H and O–H groups in total. The quantitative estimate of drug-likeness (QED) is 0.577. The Labute approximate surface area is 142 Å². The molecule has 114 valence electrons. The summed E-state index contributed by atoms with van der Waals surface area (Å²) in [6.45, 7) is 0. The number of methoxy groups -OCH3 is 1. The van der Waals surface area contributed by atoms with Gasteiger partial charge >= 0.3 is 5.69 Å². The molecule has 0 atom stereocenters. The Bertz CT molecular complexity index is 750. The van der Waals surface area contributed by atoms with Gasteiger partial charge in [0.2, 0.25) is 0 Å². The lowest BCUT2D eigenvalue weighted by atomic mass is 10.1. The summed E-state index contributed by atoms with van der Waals surface area (Å²) in [7, 11) is 1.33. The highest BCUT2D eigenvalue weighted by Gasteiger charge is 2.18. The van der Waals surface area contributed by atoms with Gasteiger partial charge in [0.1, 0.15) is 0 Å². The number of benzene rings is 2. The number of carbonyl (C=O) groups excluding carboxylic acids is 1. The van der Waals surface area contributed by atoms with Crippen LogP contribution in [0.1, 0.15) is 10.4 Å². The first-order valence-corrected chi connectivity index (χ1v) is 7.60. The second kappa shape index (κ2) is 6.89. The summed E-state index contributed by atoms with van der Waals surface area (Å²) in [5.74, 6) is -0.347. The van der Waals surface area contributed by atoms with Crippen LogP contribution in [0, 0.1) is 10.1 Å². The van der Waals surface area contributed by atoms with Crippen LogP contribution in [0.25, 0.3) is 0 Å². The van der Waals surface area contributed by atoms with Gasteiger partial charge in [-0.2, -0.15) is 0 Å². The average Bonchev–Trinajstić information content (AvgIpc) is 2.49. The Kier molecular flexibility index (Phi) is 5.15. The van der Waals surface area contributed by atoms with Crippen molar-refractivity contribution in [2.45, 2.75) is 0 Å². The number of ether oxygens (including phenoxy) is 1. The molecule has 0 saturated heterocycles. The lowest BCUT2D eigenvalue weighted by molar-refractivity contribution is -0.385. The van der Waals surface area contributed by atoms with E-state index in [1.807, 2.05) is 0 Å². The second-order valence-electron chi connectivity index (χ2n) is 4.22. The molecule has 1 amide bonds. The number of rotatable bonds is 4. The summed E-state index contributed by atoms with van der Waals surface area (Å²) in [5.41, 5.74) is 0.471. The van der Waals surface area contributed by atoms with Crippen LogP contribution in [0.2, 0.25) is 0 Å². The average molecular weight is 430 g/mol. The first kappa shape index (κ1) is 16.4. The summed E-state index contributed by atoms with van der Waals surface area (Å²) in [4.78, 5) is 22.6. The zero-order valence-corrected chi connectivity index (χ0v) is 14.5. The minimum atomic E-state index is -0.592. The SMILES string of the molecule is COc1ccc(C(=O)Nc2ccc(Br)cc2Br)cc1[N+](=O)[O-]. The second-order valence-corrected chi connectivity index (χ2v) is 5.99. The highest BCUT2D eigenvalue weighted by atomic mass is 79.9. The van der Waals surface area contributed by atoms with Crippen LogP contribution < -0.4 is 10.1 Å². The predicted octanol–water partition coefficient (Wildman–Crippen LogP) is 4.38. The standard InChI is InChI=1S/C14H10Br2N2O4/c1-22-13-5-2-8(6-12(13)18(20)21)14(19)17-11-4-3-9(15)7-10(11)16/h2-7H,1H3,(H,17,19). The molecule has 8 heteroatoms. The molecule has 0 heterocycles. The van der Waals surface area contributed by atoms with Gasteiger partial charge < -0.3 is 10.1 Å². The first-order chi connectivity index (χ1) is 10.4. The maximum atomic E-state index is 12.2. The molecule has 0 aliphatic heterocycles. The van der Waals surface area contributed by atoms with Gasteiger partial charge in [0.25, 0.3) is 5.91 Å². The number of halogens is 2. The first-order valence-electron chi connectivity index (χ1n) is 6.01. The van der Waals surface area contributed by atoms with Crippen molar-refractivity contribution < 1.29 is 14.5 Å². The lowest BCUT2D eigenvalue weighted by Crippen LogP contribution is -2.12. The highest BCUT2D eigenvalue weighted by Crippen LogP contribution is 2.29. The number of anilines is 1. The number of nitro benzene ring substituents is 1. The molecule has 0 fully saturated rings. The van der Waals surface area contributed by atoms with Crippen molar-refractivity contribution in [1.82, 2.24) is 0 Å². The van der Waals surface area contributed by atoms with Crippen molar-refractivity contribution in [3.05, 3.63) is 61.0 Å². The van der Waals surface area contributed by atoms with E-state index in [9.17, 15) is 14.9 Å². The maximum Gasteiger partial charge on any atom is 0.311 e. The van der Waals surface area contributed by atoms with Crippen LogP contribution in [0.4, 0.5) is 11.4 Å². The molecule has 0 aromatic heterocycles. The summed E-state index contributed by atoms with van der Waals surface area (Å²) in [5, 5.41) is 13.7. The zero-order valence-electron chi connectivity index (χ0n) is 11.3. The number of nitrogens with one attached hydrogen (secondary N) is 1. The smallest absolute Gasteiger partial charge is 0.311 e. The summed E-state index contributed by atoms with van der Waals surface area (Å²) >= 11 is 6.65. The fraction of sp³-hybridized carbons (Fsp3) is 0.0714. The fourth-order valence-electron chi connectivity index (χ4n) is 1.76. The summed E-state index contributed by atoms with van der Waals surface area (Å²) in [6.07, 6.45) is 0. The van der Waals surface area contributed by atoms with E-state index in [4.69, 9.17) is 4.74 Å². The number of hydrogen-bond acceptors (Lipinski definition) is 4. The number of nitro groups is 1. The Hall–Kier alpha value is -1.93. The lowest BCUT2D eigenvalue weighted by Gasteiger charge is -2.08. The van der Waals surface area contributed by atoms with Crippen LogP contribution in [-0.4, -0.2) is 17.9 Å². The minimum absolute atomic E-state index is 0.103. The molecule has 0 spiro atoms. The van der Waals surface area contributed by atoms with Gasteiger partial charge in [-0.1, -0.05) is 15.9 Å². The Balaban J connectivity index is 2.30. The zero-order chi connectivity index (χ0) is 16.3. The van der Waals surface area contributed by atoms with Crippen molar-refractivity contribution in [1.29, 1.82) is 0 Å². The third kappa shape index (κ3) is 3.63. The third-order valence-electron chi connectivity index (χ3n) is 2.82. The third-order valence-corrected chi connectivity index (χ3v) is 3.97. The van der Waals surface area contributed by atoms with Crippen LogP contribution in [-0.2, 0) is 0 Å². The molecular formula is C14H10Br2N2O4. The number of carbonyl (C=O) groups is 1. The van der Waals surface area contributed by atoms with E-state index in [0.29, 0.717) is 10.2 Å². The van der Waals surface area contributed by atoms with E-state index >= 15 is 0 Å². The van der Waals surface area contributed by atoms with E-state index < -0.39 is 10.8 Å². The van der Waals surface area contributed by atoms with E-state index in [-0.39, 0.29) is 17.0 Å². The van der Waals surface area contributed by atoms with Crippen LogP contribution >= 0.6 is 31.9 Å². The molecule has 0 radical (unpaired) electrons. The highest BCUT2D eigenvalue weighted by molar-refractivity contribution is 9.11. The summed E-state index contributed by atoms with van der Waals surface area (Å²) < 4.78 is 6.46. The minimum Gasteiger partial charge on any atom is -0.490 e. The van der Waals surface area contributed by atoms with Gasteiger partial charge in [0, 0.05) is 20.6 Å². The monoisotopic (exact) mass is 428 g/mol. The Morgan fingerprint density at radius 1 is 1.23 bits per heavy atom. The molecule has 0 aliphatic carbocycles. The van der Waals surface area contributed by atoms with E-state index in [1.54, 1.807) is 18.2 Å². The van der Waals surface area contributed by atoms with E-state index in [1.165, 1.54) is 25.3 Å². The van der Waals surface area contributed by atoms with Crippen molar-refractivity contribution in [2.75, 3.05) is 12.4 Å². The fourth-order valence-corrected chi connectivity index (χ4v) is 2.91. The molecule has 0 bridgehead atoms. The largest absolute Gasteiger partial charge is 0.490 e. The molecule has 22 heavy (non-hydrogen) atoms. The van der Waals surface area contributed by atoms with Gasteiger partial charge in [-0.15, -0.1) is 0 Å². The van der Waals surface area contributed by atoms with E-state index in [2.05, 4.69) is 37.2 Å². The van der Waals surface area contributed by atoms with Gasteiger partial charge in [-0.25, -0.2) is 0 Å². The number of amides is 1. The number of hydrogen-bond donors (Lipinski definition) is 1. The van der Waals surface area contributed by atoms with Crippen LogP contribution in [0.15, 0.2) is 45.3 Å². The van der Waals surface area contributed by atoms with Gasteiger partial charge in [-0.3, -0.25) is 14.9 Å².